The Bertz CT molecular complexity index is 807. The number of benzene rings is 2. The Morgan fingerprint density at radius 3 is 2.47 bits per heavy atom. The lowest BCUT2D eigenvalue weighted by Crippen LogP contribution is -2.49. The molecule has 0 saturated carbocycles. The number of hydrogen-bond acceptors (Lipinski definition) is 4. The number of nitrogens with zero attached hydrogens (tertiary/aromatic N) is 2. The molecule has 0 unspecified atom stereocenters. The average molecular weight is 414 g/mol. The Balaban J connectivity index is 1.42. The van der Waals surface area contributed by atoms with Gasteiger partial charge in [-0.3, -0.25) is 14.6 Å². The maximum absolute atomic E-state index is 13.6. The molecule has 1 heterocycles. The van der Waals surface area contributed by atoms with E-state index in [1.807, 2.05) is 18.2 Å². The van der Waals surface area contributed by atoms with Gasteiger partial charge in [0.1, 0.15) is 11.6 Å². The van der Waals surface area contributed by atoms with E-state index < -0.39 is 0 Å². The monoisotopic (exact) mass is 413 g/mol. The largest absolute Gasteiger partial charge is 0.496 e. The second-order valence-corrected chi connectivity index (χ2v) is 7.83. The van der Waals surface area contributed by atoms with E-state index in [-0.39, 0.29) is 11.7 Å². The SMILES string of the molecule is CC[C@@H](CNC(=O)CN1CCN(Cc2cc(F)ccc2OC)CC1)c1ccccc1. The van der Waals surface area contributed by atoms with Gasteiger partial charge in [0, 0.05) is 50.7 Å². The van der Waals surface area contributed by atoms with Crippen LogP contribution in [0.3, 0.4) is 0 Å². The zero-order valence-electron chi connectivity index (χ0n) is 17.9. The van der Waals surface area contributed by atoms with E-state index in [2.05, 4.69) is 34.2 Å². The zero-order chi connectivity index (χ0) is 21.3. The molecule has 30 heavy (non-hydrogen) atoms. The second-order valence-electron chi connectivity index (χ2n) is 7.83. The normalized spacial score (nSPS) is 16.2. The van der Waals surface area contributed by atoms with Crippen LogP contribution in [0.2, 0.25) is 0 Å². The van der Waals surface area contributed by atoms with Crippen LogP contribution in [0.1, 0.15) is 30.4 Å². The van der Waals surface area contributed by atoms with Crippen molar-refractivity contribution in [3.05, 3.63) is 65.5 Å². The Morgan fingerprint density at radius 2 is 1.80 bits per heavy atom. The molecular weight excluding hydrogens is 381 g/mol. The van der Waals surface area contributed by atoms with Crippen molar-refractivity contribution in [3.8, 4) is 5.75 Å². The molecule has 1 amide bonds. The van der Waals surface area contributed by atoms with Gasteiger partial charge in [0.05, 0.1) is 13.7 Å². The number of halogens is 1. The molecule has 2 aromatic rings. The van der Waals surface area contributed by atoms with Gasteiger partial charge in [-0.2, -0.15) is 0 Å². The van der Waals surface area contributed by atoms with Gasteiger partial charge in [0.2, 0.25) is 5.91 Å². The molecule has 1 N–H and O–H groups in total. The number of ether oxygens (including phenoxy) is 1. The standard InChI is InChI=1S/C24H32FN3O2/c1-3-19(20-7-5-4-6-8-20)16-26-24(29)18-28-13-11-27(12-14-28)17-21-15-22(25)9-10-23(21)30-2/h4-10,15,19H,3,11-14,16-18H2,1-2H3,(H,26,29)/t19-/m0/s1. The molecule has 0 aromatic heterocycles. The highest BCUT2D eigenvalue weighted by atomic mass is 19.1. The molecule has 1 saturated heterocycles. The van der Waals surface area contributed by atoms with E-state index in [0.29, 0.717) is 31.3 Å². The molecule has 162 valence electrons. The number of piperazine rings is 1. The van der Waals surface area contributed by atoms with Gasteiger partial charge in [-0.15, -0.1) is 0 Å². The summed E-state index contributed by atoms with van der Waals surface area (Å²) < 4.78 is 18.9. The van der Waals surface area contributed by atoms with Crippen molar-refractivity contribution >= 4 is 5.91 Å². The number of rotatable bonds is 9. The second kappa shape index (κ2) is 11.1. The summed E-state index contributed by atoms with van der Waals surface area (Å²) in [6.45, 7) is 7.21. The minimum Gasteiger partial charge on any atom is -0.496 e. The maximum Gasteiger partial charge on any atom is 0.234 e. The first kappa shape index (κ1) is 22.2. The van der Waals surface area contributed by atoms with Crippen molar-refractivity contribution in [2.24, 2.45) is 0 Å². The van der Waals surface area contributed by atoms with Gasteiger partial charge in [-0.1, -0.05) is 37.3 Å². The highest BCUT2D eigenvalue weighted by Gasteiger charge is 2.20. The summed E-state index contributed by atoms with van der Waals surface area (Å²) in [4.78, 5) is 16.9. The Morgan fingerprint density at radius 1 is 1.10 bits per heavy atom. The van der Waals surface area contributed by atoms with Crippen molar-refractivity contribution in [2.45, 2.75) is 25.8 Å². The fourth-order valence-electron chi connectivity index (χ4n) is 3.94. The van der Waals surface area contributed by atoms with E-state index in [4.69, 9.17) is 4.74 Å². The molecule has 1 aliphatic rings. The van der Waals surface area contributed by atoms with Gasteiger partial charge in [0.15, 0.2) is 0 Å². The third kappa shape index (κ3) is 6.28. The van der Waals surface area contributed by atoms with Crippen molar-refractivity contribution in [2.75, 3.05) is 46.4 Å². The Labute approximate surface area is 178 Å². The average Bonchev–Trinajstić information content (AvgIpc) is 2.76. The molecule has 0 radical (unpaired) electrons. The number of carbonyl (C=O) groups excluding carboxylic acids is 1. The Hall–Kier alpha value is -2.44. The third-order valence-corrected chi connectivity index (χ3v) is 5.78. The first-order valence-corrected chi connectivity index (χ1v) is 10.7. The van der Waals surface area contributed by atoms with Crippen molar-refractivity contribution in [1.29, 1.82) is 0 Å². The smallest absolute Gasteiger partial charge is 0.234 e. The quantitative estimate of drug-likeness (QED) is 0.685. The lowest BCUT2D eigenvalue weighted by Gasteiger charge is -2.34. The summed E-state index contributed by atoms with van der Waals surface area (Å²) in [5.41, 5.74) is 2.12. The van der Waals surface area contributed by atoms with Gasteiger partial charge in [0.25, 0.3) is 0 Å². The fourth-order valence-corrected chi connectivity index (χ4v) is 3.94. The first-order chi connectivity index (χ1) is 14.6. The van der Waals surface area contributed by atoms with Gasteiger partial charge < -0.3 is 10.1 Å². The molecule has 3 rings (SSSR count). The summed E-state index contributed by atoms with van der Waals surface area (Å²) in [5, 5.41) is 3.10. The van der Waals surface area contributed by atoms with E-state index in [0.717, 1.165) is 38.2 Å². The number of methoxy groups -OCH3 is 1. The van der Waals surface area contributed by atoms with Gasteiger partial charge in [-0.25, -0.2) is 4.39 Å². The molecule has 1 atom stereocenters. The van der Waals surface area contributed by atoms with E-state index >= 15 is 0 Å². The molecule has 6 heteroatoms. The molecular formula is C24H32FN3O2. The van der Waals surface area contributed by atoms with Crippen LogP contribution in [0, 0.1) is 5.82 Å². The Kier molecular flexibility index (Phi) is 8.22. The molecule has 2 aromatic carbocycles. The van der Waals surface area contributed by atoms with Crippen LogP contribution < -0.4 is 10.1 Å². The van der Waals surface area contributed by atoms with Crippen LogP contribution in [-0.2, 0) is 11.3 Å². The van der Waals surface area contributed by atoms with E-state index in [1.54, 1.807) is 13.2 Å². The molecule has 5 nitrogen and oxygen atoms in total. The zero-order valence-corrected chi connectivity index (χ0v) is 17.9. The maximum atomic E-state index is 13.6. The lowest BCUT2D eigenvalue weighted by molar-refractivity contribution is -0.122. The first-order valence-electron chi connectivity index (χ1n) is 10.7. The number of amides is 1. The number of nitrogens with one attached hydrogen (secondary N) is 1. The predicted octanol–water partition coefficient (Wildman–Crippen LogP) is 3.26. The van der Waals surface area contributed by atoms with E-state index in [1.165, 1.54) is 17.7 Å². The highest BCUT2D eigenvalue weighted by Crippen LogP contribution is 2.22. The van der Waals surface area contributed by atoms with Gasteiger partial charge in [-0.05, 0) is 30.2 Å². The fraction of sp³-hybridized carbons (Fsp3) is 0.458. The van der Waals surface area contributed by atoms with Crippen molar-refractivity contribution in [1.82, 2.24) is 15.1 Å². The van der Waals surface area contributed by atoms with Crippen LogP contribution in [0.4, 0.5) is 4.39 Å². The summed E-state index contributed by atoms with van der Waals surface area (Å²) in [6.07, 6.45) is 0.993. The molecule has 0 spiro atoms. The minimum absolute atomic E-state index is 0.0737. The number of carbonyl (C=O) groups is 1. The summed E-state index contributed by atoms with van der Waals surface area (Å²) in [5.74, 6) is 0.877. The molecule has 0 aliphatic carbocycles. The van der Waals surface area contributed by atoms with Crippen LogP contribution in [-0.4, -0.2) is 62.1 Å². The van der Waals surface area contributed by atoms with Crippen LogP contribution in [0.5, 0.6) is 5.75 Å². The third-order valence-electron chi connectivity index (χ3n) is 5.78. The summed E-state index contributed by atoms with van der Waals surface area (Å²) in [7, 11) is 1.61. The van der Waals surface area contributed by atoms with Crippen LogP contribution in [0.15, 0.2) is 48.5 Å². The van der Waals surface area contributed by atoms with Crippen LogP contribution in [0.25, 0.3) is 0 Å². The lowest BCUT2D eigenvalue weighted by atomic mass is 9.96. The molecule has 0 bridgehead atoms. The molecule has 1 fully saturated rings. The highest BCUT2D eigenvalue weighted by molar-refractivity contribution is 5.78. The summed E-state index contributed by atoms with van der Waals surface area (Å²) in [6, 6.07) is 15.0. The topological polar surface area (TPSA) is 44.8 Å². The summed E-state index contributed by atoms with van der Waals surface area (Å²) >= 11 is 0. The molecule has 1 aliphatic heterocycles. The predicted molar refractivity (Wildman–Crippen MR) is 117 cm³/mol. The minimum atomic E-state index is -0.248. The number of hydrogen-bond donors (Lipinski definition) is 1. The van der Waals surface area contributed by atoms with Crippen molar-refractivity contribution in [3.63, 3.8) is 0 Å². The van der Waals surface area contributed by atoms with Gasteiger partial charge >= 0.3 is 0 Å². The van der Waals surface area contributed by atoms with E-state index in [9.17, 15) is 9.18 Å². The van der Waals surface area contributed by atoms with Crippen molar-refractivity contribution < 1.29 is 13.9 Å². The van der Waals surface area contributed by atoms with Crippen LogP contribution >= 0.6 is 0 Å².